The number of rotatable bonds is 10. The first-order valence-corrected chi connectivity index (χ1v) is 23.8. The van der Waals surface area contributed by atoms with E-state index in [9.17, 15) is 4.79 Å². The summed E-state index contributed by atoms with van der Waals surface area (Å²) >= 11 is 3.34. The van der Waals surface area contributed by atoms with Crippen molar-refractivity contribution >= 4 is 51.0 Å². The van der Waals surface area contributed by atoms with Gasteiger partial charge in [-0.15, -0.1) is 22.7 Å². The predicted molar refractivity (Wildman–Crippen MR) is 209 cm³/mol. The lowest BCUT2D eigenvalue weighted by molar-refractivity contribution is -0.115. The highest BCUT2D eigenvalue weighted by atomic mass is 32.1. The normalized spacial score (nSPS) is 12.5. The molecule has 0 saturated heterocycles. The summed E-state index contributed by atoms with van der Waals surface area (Å²) < 4.78 is 12.9. The van der Waals surface area contributed by atoms with E-state index in [-0.39, 0.29) is 22.4 Å². The number of thiophene rings is 2. The summed E-state index contributed by atoms with van der Waals surface area (Å²) in [4.78, 5) is 26.5. The fourth-order valence-electron chi connectivity index (χ4n) is 4.43. The molecule has 0 atom stereocenters. The number of hydrogen-bond donors (Lipinski definition) is 1. The molecular weight excluding hydrogens is 667 g/mol. The van der Waals surface area contributed by atoms with Crippen molar-refractivity contribution in [3.8, 4) is 43.1 Å². The lowest BCUT2D eigenvalue weighted by Crippen LogP contribution is -2.43. The van der Waals surface area contributed by atoms with Crippen LogP contribution in [0.5, 0.6) is 11.5 Å². The summed E-state index contributed by atoms with van der Waals surface area (Å²) in [6.07, 6.45) is 1.94. The third-order valence-corrected chi connectivity index (χ3v) is 20.3. The van der Waals surface area contributed by atoms with Crippen molar-refractivity contribution in [2.45, 2.75) is 84.2 Å². The maximum Gasteiger partial charge on any atom is 0.250 e. The van der Waals surface area contributed by atoms with E-state index >= 15 is 0 Å². The molecule has 0 unspecified atom stereocenters. The Morgan fingerprint density at radius 2 is 1.31 bits per heavy atom. The molecule has 10 heteroatoms. The fourth-order valence-corrected chi connectivity index (χ4v) is 8.33. The number of aromatic nitrogens is 2. The summed E-state index contributed by atoms with van der Waals surface area (Å²) in [5.74, 6) is 1.99. The third kappa shape index (κ3) is 8.34. The second kappa shape index (κ2) is 13.7. The zero-order valence-corrected chi connectivity index (χ0v) is 33.4. The Bertz CT molecular complexity index is 1850. The lowest BCUT2D eigenvalue weighted by Gasteiger charge is -2.36. The first-order chi connectivity index (χ1) is 22.4. The summed E-state index contributed by atoms with van der Waals surface area (Å²) in [6.45, 7) is 22.3. The van der Waals surface area contributed by atoms with E-state index in [0.717, 1.165) is 38.1 Å². The molecule has 3 aromatic heterocycles. The SMILES string of the molecule is CC(C)(C)[Si](C)(C)Oc1ccc(CC(=O)Nc2ncc(-c3ccc(O[Si](C)(C)C(C)(C)C)cc3)nc2-c2ccc(-c3cccs3)s2)cc1. The molecular formula is C38H47N3O3S2Si2. The van der Waals surface area contributed by atoms with Gasteiger partial charge in [-0.2, -0.15) is 0 Å². The molecule has 0 aliphatic rings. The van der Waals surface area contributed by atoms with Gasteiger partial charge in [-0.1, -0.05) is 59.7 Å². The number of carbonyl (C=O) groups excluding carboxylic acids is 1. The molecule has 0 spiro atoms. The van der Waals surface area contributed by atoms with Gasteiger partial charge in [-0.3, -0.25) is 4.79 Å². The predicted octanol–water partition coefficient (Wildman–Crippen LogP) is 11.5. The van der Waals surface area contributed by atoms with Crippen LogP contribution in [0.1, 0.15) is 47.1 Å². The van der Waals surface area contributed by atoms with Gasteiger partial charge in [0.1, 0.15) is 17.2 Å². The van der Waals surface area contributed by atoms with Crippen LogP contribution < -0.4 is 14.2 Å². The Kier molecular flexibility index (Phi) is 10.2. The number of hydrogen-bond acceptors (Lipinski definition) is 7. The van der Waals surface area contributed by atoms with Crippen LogP contribution in [0.25, 0.3) is 31.6 Å². The van der Waals surface area contributed by atoms with E-state index < -0.39 is 16.6 Å². The van der Waals surface area contributed by atoms with Crippen LogP contribution in [0, 0.1) is 0 Å². The molecule has 1 amide bonds. The molecule has 6 nitrogen and oxygen atoms in total. The van der Waals surface area contributed by atoms with Gasteiger partial charge in [0.15, 0.2) is 5.82 Å². The number of nitrogens with one attached hydrogen (secondary N) is 1. The molecule has 0 aliphatic heterocycles. The van der Waals surface area contributed by atoms with E-state index in [2.05, 4.69) is 103 Å². The van der Waals surface area contributed by atoms with E-state index in [4.69, 9.17) is 18.8 Å². The van der Waals surface area contributed by atoms with Gasteiger partial charge in [0, 0.05) is 15.3 Å². The quantitative estimate of drug-likeness (QED) is 0.146. The second-order valence-electron chi connectivity index (χ2n) is 15.2. The fraction of sp³-hybridized carbons (Fsp3) is 0.342. The van der Waals surface area contributed by atoms with Crippen molar-refractivity contribution < 1.29 is 13.6 Å². The standard InChI is InChI=1S/C38H47N3O3S2Si2/c1-37(2,3)47(7,8)43-28-17-13-26(14-18-28)24-34(42)41-36-35(33-22-21-32(46-33)31-12-11-23-45-31)40-30(25-39-36)27-15-19-29(20-16-27)44-48(9,10)38(4,5)6/h11-23,25H,24H2,1-10H3,(H,39,41,42). The molecule has 5 aromatic rings. The molecule has 2 aromatic carbocycles. The highest BCUT2D eigenvalue weighted by Gasteiger charge is 2.39. The minimum atomic E-state index is -1.96. The summed E-state index contributed by atoms with van der Waals surface area (Å²) in [5, 5.41) is 5.35. The molecule has 5 rings (SSSR count). The number of carbonyl (C=O) groups is 1. The topological polar surface area (TPSA) is 73.3 Å². The molecule has 0 aliphatic carbocycles. The lowest BCUT2D eigenvalue weighted by atomic mass is 10.1. The Morgan fingerprint density at radius 1 is 0.750 bits per heavy atom. The molecule has 0 bridgehead atoms. The Hall–Kier alpha value is -3.58. The number of amides is 1. The van der Waals surface area contributed by atoms with Crippen LogP contribution in [0.2, 0.25) is 36.3 Å². The summed E-state index contributed by atoms with van der Waals surface area (Å²) in [7, 11) is -3.91. The van der Waals surface area contributed by atoms with Gasteiger partial charge < -0.3 is 14.2 Å². The smallest absolute Gasteiger partial charge is 0.250 e. The highest BCUT2D eigenvalue weighted by Crippen LogP contribution is 2.40. The maximum atomic E-state index is 13.4. The Balaban J connectivity index is 1.38. The van der Waals surface area contributed by atoms with Crippen molar-refractivity contribution in [1.29, 1.82) is 0 Å². The van der Waals surface area contributed by atoms with E-state index in [1.54, 1.807) is 28.9 Å². The van der Waals surface area contributed by atoms with Crippen LogP contribution >= 0.6 is 22.7 Å². The summed E-state index contributed by atoms with van der Waals surface area (Å²) in [5.41, 5.74) is 3.20. The van der Waals surface area contributed by atoms with Crippen molar-refractivity contribution in [3.63, 3.8) is 0 Å². The van der Waals surface area contributed by atoms with E-state index in [0.29, 0.717) is 11.5 Å². The molecule has 1 N–H and O–H groups in total. The highest BCUT2D eigenvalue weighted by molar-refractivity contribution is 7.23. The number of benzene rings is 2. The zero-order chi connectivity index (χ0) is 34.9. The average Bonchev–Trinajstić information content (AvgIpc) is 3.70. The monoisotopic (exact) mass is 713 g/mol. The summed E-state index contributed by atoms with van der Waals surface area (Å²) in [6, 6.07) is 24.2. The van der Waals surface area contributed by atoms with Gasteiger partial charge >= 0.3 is 0 Å². The number of nitrogens with zero attached hydrogens (tertiary/aromatic N) is 2. The number of anilines is 1. The molecule has 0 radical (unpaired) electrons. The molecule has 3 heterocycles. The largest absolute Gasteiger partial charge is 0.544 e. The molecule has 0 saturated carbocycles. The average molecular weight is 714 g/mol. The van der Waals surface area contributed by atoms with Gasteiger partial charge in [0.05, 0.1) is 23.2 Å². The minimum Gasteiger partial charge on any atom is -0.544 e. The van der Waals surface area contributed by atoms with Crippen molar-refractivity contribution in [1.82, 2.24) is 9.97 Å². The Morgan fingerprint density at radius 3 is 1.85 bits per heavy atom. The van der Waals surface area contributed by atoms with Crippen LogP contribution in [-0.4, -0.2) is 32.5 Å². The van der Waals surface area contributed by atoms with Crippen molar-refractivity contribution in [2.75, 3.05) is 5.32 Å². The van der Waals surface area contributed by atoms with Crippen LogP contribution in [-0.2, 0) is 11.2 Å². The first-order valence-electron chi connectivity index (χ1n) is 16.3. The van der Waals surface area contributed by atoms with Gasteiger partial charge in [0.2, 0.25) is 22.5 Å². The molecule has 252 valence electrons. The van der Waals surface area contributed by atoms with Gasteiger partial charge in [0.25, 0.3) is 0 Å². The minimum absolute atomic E-state index is 0.107. The maximum absolute atomic E-state index is 13.4. The van der Waals surface area contributed by atoms with Gasteiger partial charge in [-0.05, 0) is 102 Å². The van der Waals surface area contributed by atoms with Crippen LogP contribution in [0.3, 0.4) is 0 Å². The van der Waals surface area contributed by atoms with Crippen molar-refractivity contribution in [2.24, 2.45) is 0 Å². The first kappa shape index (κ1) is 35.7. The van der Waals surface area contributed by atoms with Crippen molar-refractivity contribution in [3.05, 3.63) is 89.9 Å². The second-order valence-corrected chi connectivity index (χ2v) is 26.7. The van der Waals surface area contributed by atoms with E-state index in [1.807, 2.05) is 48.5 Å². The Labute approximate surface area is 295 Å². The third-order valence-electron chi connectivity index (χ3n) is 9.43. The van der Waals surface area contributed by atoms with Crippen LogP contribution in [0.4, 0.5) is 5.82 Å². The molecule has 48 heavy (non-hydrogen) atoms. The molecule has 0 fully saturated rings. The van der Waals surface area contributed by atoms with Gasteiger partial charge in [-0.25, -0.2) is 9.97 Å². The van der Waals surface area contributed by atoms with E-state index in [1.165, 1.54) is 4.88 Å². The zero-order valence-electron chi connectivity index (χ0n) is 29.7. The van der Waals surface area contributed by atoms with Crippen LogP contribution in [0.15, 0.2) is 84.4 Å².